The molecule has 2 nitrogen and oxygen atoms in total. The second-order valence-corrected chi connectivity index (χ2v) is 12.1. The Hall–Kier alpha value is -2.88. The van der Waals surface area contributed by atoms with Crippen LogP contribution in [-0.2, 0) is 19.5 Å². The smallest absolute Gasteiger partial charge is 0.254 e. The average Bonchev–Trinajstić information content (AvgIpc) is 2.80. The van der Waals surface area contributed by atoms with Crippen LogP contribution < -0.4 is 0 Å². The minimum absolute atomic E-state index is 0. The van der Waals surface area contributed by atoms with E-state index in [1.165, 1.54) is 22.3 Å². The molecule has 2 heterocycles. The maximum absolute atomic E-state index is 10.7. The van der Waals surface area contributed by atoms with Crippen LogP contribution in [0, 0.1) is 0 Å². The van der Waals surface area contributed by atoms with E-state index in [0.717, 1.165) is 21.8 Å². The molecule has 0 fully saturated rings. The number of fused-ring (bicyclic) bond motifs is 3. The van der Waals surface area contributed by atoms with Crippen molar-refractivity contribution in [3.63, 3.8) is 0 Å². The first-order valence-electron chi connectivity index (χ1n) is 10.7. The molecule has 3 aromatic carbocycles. The summed E-state index contributed by atoms with van der Waals surface area (Å²) in [7, 11) is -21.3. The van der Waals surface area contributed by atoms with Crippen LogP contribution in [-0.4, -0.2) is 9.97 Å². The minimum atomic E-state index is -10.7. The van der Waals surface area contributed by atoms with Crippen LogP contribution in [0.3, 0.4) is 0 Å². The topological polar surface area (TPSA) is 25.8 Å². The number of hydrogen-bond acceptors (Lipinski definition) is 2. The fraction of sp³-hybridized carbons (Fsp3) is 0. The summed E-state index contributed by atoms with van der Waals surface area (Å²) in [6.45, 7) is 0. The Kier molecular flexibility index (Phi) is 8.49. The molecule has 17 heteroatoms. The molecular formula is C24H16F12N2P2Ru. The van der Waals surface area contributed by atoms with Crippen molar-refractivity contribution in [2.24, 2.45) is 0 Å². The molecule has 0 saturated heterocycles. The summed E-state index contributed by atoms with van der Waals surface area (Å²) in [4.78, 5) is 9.34. The zero-order valence-electron chi connectivity index (χ0n) is 19.9. The van der Waals surface area contributed by atoms with Gasteiger partial charge in [0, 0.05) is 23.2 Å². The van der Waals surface area contributed by atoms with E-state index in [1.807, 2.05) is 24.5 Å². The molecule has 0 unspecified atom stereocenters. The van der Waals surface area contributed by atoms with Crippen LogP contribution in [0.1, 0.15) is 0 Å². The molecule has 0 bridgehead atoms. The number of rotatable bonds is 2. The number of benzene rings is 3. The molecule has 0 spiro atoms. The Balaban J connectivity index is 0.000000329. The summed E-state index contributed by atoms with van der Waals surface area (Å²) in [6, 6.07) is 29.3. The standard InChI is InChI=1S/C24H16N2.2F6P.Ru/c1-3-7-17(8-4-1)19-13-15-25-23-21(19)11-12-22-20(14-16-26-24(22)23)18-9-5-2-6-10-18;2*1-7(2,3,4,5)6;/h1-16H;;;/q;2*-1;+2. The third kappa shape index (κ3) is 13.6. The van der Waals surface area contributed by atoms with Gasteiger partial charge >= 0.3 is 85.5 Å². The molecule has 0 amide bonds. The molecule has 0 N–H and O–H groups in total. The molecule has 2 aromatic heterocycles. The summed E-state index contributed by atoms with van der Waals surface area (Å²) >= 11 is 0. The molecule has 41 heavy (non-hydrogen) atoms. The largest absolute Gasteiger partial charge is 2.00 e. The molecule has 0 aliphatic heterocycles. The van der Waals surface area contributed by atoms with Crippen molar-refractivity contribution in [2.75, 3.05) is 0 Å². The first-order chi connectivity index (χ1) is 17.8. The predicted molar refractivity (Wildman–Crippen MR) is 135 cm³/mol. The Labute approximate surface area is 236 Å². The van der Waals surface area contributed by atoms with E-state index < -0.39 is 15.6 Å². The number of pyridine rings is 2. The van der Waals surface area contributed by atoms with Crippen LogP contribution >= 0.6 is 15.6 Å². The van der Waals surface area contributed by atoms with Crippen molar-refractivity contribution in [1.29, 1.82) is 0 Å². The van der Waals surface area contributed by atoms with Gasteiger partial charge < -0.3 is 0 Å². The van der Waals surface area contributed by atoms with E-state index >= 15 is 0 Å². The number of nitrogens with zero attached hydrogens (tertiary/aromatic N) is 2. The Morgan fingerprint density at radius 3 is 0.927 bits per heavy atom. The first kappa shape index (κ1) is 34.3. The molecular weight excluding hydrogens is 707 g/mol. The van der Waals surface area contributed by atoms with Crippen molar-refractivity contribution in [2.45, 2.75) is 0 Å². The molecule has 0 saturated carbocycles. The van der Waals surface area contributed by atoms with Crippen molar-refractivity contribution >= 4 is 37.4 Å². The van der Waals surface area contributed by atoms with Gasteiger partial charge in [0.1, 0.15) is 0 Å². The summed E-state index contributed by atoms with van der Waals surface area (Å²) in [6.07, 6.45) is 3.75. The van der Waals surface area contributed by atoms with Gasteiger partial charge in [-0.05, 0) is 34.4 Å². The SMILES string of the molecule is F[P-](F)(F)(F)(F)F.F[P-](F)(F)(F)(F)F.[Ru+2].c1ccc(-c2ccnc3c2ccc2c(-c4ccccc4)ccnc23)cc1. The number of halogens is 12. The van der Waals surface area contributed by atoms with Gasteiger partial charge in [-0.1, -0.05) is 72.8 Å². The zero-order valence-corrected chi connectivity index (χ0v) is 23.4. The van der Waals surface area contributed by atoms with Crippen LogP contribution in [0.4, 0.5) is 50.4 Å². The van der Waals surface area contributed by atoms with Crippen LogP contribution in [0.5, 0.6) is 0 Å². The molecule has 224 valence electrons. The van der Waals surface area contributed by atoms with Gasteiger partial charge in [-0.15, -0.1) is 0 Å². The van der Waals surface area contributed by atoms with Gasteiger partial charge in [-0.2, -0.15) is 0 Å². The van der Waals surface area contributed by atoms with Gasteiger partial charge in [-0.25, -0.2) is 0 Å². The molecule has 0 atom stereocenters. The third-order valence-corrected chi connectivity index (χ3v) is 4.79. The normalized spacial score (nSPS) is 14.9. The Morgan fingerprint density at radius 1 is 0.390 bits per heavy atom. The zero-order chi connectivity index (χ0) is 30.2. The van der Waals surface area contributed by atoms with Crippen molar-refractivity contribution < 1.29 is 69.8 Å². The van der Waals surface area contributed by atoms with E-state index in [1.54, 1.807) is 0 Å². The van der Waals surface area contributed by atoms with E-state index in [2.05, 4.69) is 82.8 Å². The van der Waals surface area contributed by atoms with Gasteiger partial charge in [0.05, 0.1) is 11.0 Å². The molecule has 5 rings (SSSR count). The first-order valence-corrected chi connectivity index (χ1v) is 14.8. The Morgan fingerprint density at radius 2 is 0.659 bits per heavy atom. The summed E-state index contributed by atoms with van der Waals surface area (Å²) in [5.74, 6) is 0. The fourth-order valence-electron chi connectivity index (χ4n) is 3.57. The summed E-state index contributed by atoms with van der Waals surface area (Å²) < 4.78 is 118. The van der Waals surface area contributed by atoms with E-state index in [-0.39, 0.29) is 19.5 Å². The van der Waals surface area contributed by atoms with E-state index in [4.69, 9.17) is 0 Å². The van der Waals surface area contributed by atoms with Crippen molar-refractivity contribution in [3.05, 3.63) is 97.3 Å². The van der Waals surface area contributed by atoms with E-state index in [0.29, 0.717) is 0 Å². The summed E-state index contributed by atoms with van der Waals surface area (Å²) in [5.41, 5.74) is 6.65. The molecule has 0 aliphatic rings. The number of hydrogen-bond donors (Lipinski definition) is 0. The molecule has 0 aliphatic carbocycles. The van der Waals surface area contributed by atoms with Gasteiger partial charge in [0.25, 0.3) is 0 Å². The molecule has 5 aromatic rings. The Bertz CT molecular complexity index is 1520. The minimum Gasteiger partial charge on any atom is -0.254 e. The maximum atomic E-state index is 9.87. The average molecular weight is 723 g/mol. The van der Waals surface area contributed by atoms with Crippen LogP contribution in [0.15, 0.2) is 97.3 Å². The predicted octanol–water partition coefficient (Wildman–Crippen LogP) is 12.9. The van der Waals surface area contributed by atoms with Gasteiger partial charge in [0.15, 0.2) is 0 Å². The van der Waals surface area contributed by atoms with Crippen molar-refractivity contribution in [1.82, 2.24) is 9.97 Å². The second-order valence-electron chi connectivity index (χ2n) is 8.22. The summed E-state index contributed by atoms with van der Waals surface area (Å²) in [5, 5.41) is 2.26. The van der Waals surface area contributed by atoms with Crippen LogP contribution in [0.2, 0.25) is 0 Å². The maximum Gasteiger partial charge on any atom is 2.00 e. The number of aromatic nitrogens is 2. The second kappa shape index (κ2) is 10.1. The van der Waals surface area contributed by atoms with Gasteiger partial charge in [-0.3, -0.25) is 9.97 Å². The van der Waals surface area contributed by atoms with E-state index in [9.17, 15) is 50.4 Å². The van der Waals surface area contributed by atoms with Gasteiger partial charge in [0.2, 0.25) is 0 Å². The fourth-order valence-corrected chi connectivity index (χ4v) is 3.57. The molecule has 0 radical (unpaired) electrons. The third-order valence-electron chi connectivity index (χ3n) is 4.79. The van der Waals surface area contributed by atoms with Crippen LogP contribution in [0.25, 0.3) is 44.1 Å². The monoisotopic (exact) mass is 724 g/mol. The van der Waals surface area contributed by atoms with Crippen molar-refractivity contribution in [3.8, 4) is 22.3 Å². The quantitative estimate of drug-likeness (QED) is 0.0784.